The second-order valence-electron chi connectivity index (χ2n) is 7.22. The van der Waals surface area contributed by atoms with E-state index < -0.39 is 0 Å². The highest BCUT2D eigenvalue weighted by molar-refractivity contribution is 5.92. The molecule has 0 spiro atoms. The summed E-state index contributed by atoms with van der Waals surface area (Å²) in [5.41, 5.74) is 2.16. The quantitative estimate of drug-likeness (QED) is 0.897. The van der Waals surface area contributed by atoms with Gasteiger partial charge in [-0.1, -0.05) is 30.3 Å². The number of rotatable bonds is 4. The summed E-state index contributed by atoms with van der Waals surface area (Å²) in [5.74, 6) is 2.07. The predicted octanol–water partition coefficient (Wildman–Crippen LogP) is 3.67. The Morgan fingerprint density at radius 2 is 1.74 bits per heavy atom. The van der Waals surface area contributed by atoms with Gasteiger partial charge >= 0.3 is 0 Å². The highest BCUT2D eigenvalue weighted by Crippen LogP contribution is 2.32. The zero-order chi connectivity index (χ0) is 18.5. The van der Waals surface area contributed by atoms with Crippen LogP contribution >= 0.6 is 0 Å². The molecule has 5 heteroatoms. The molecule has 0 unspecified atom stereocenters. The van der Waals surface area contributed by atoms with Crippen LogP contribution in [0.5, 0.6) is 11.5 Å². The maximum Gasteiger partial charge on any atom is 0.238 e. The number of carbonyl (C=O) groups excluding carboxylic acids is 1. The Hall–Kier alpha value is -2.53. The molecule has 1 saturated heterocycles. The van der Waals surface area contributed by atoms with Gasteiger partial charge < -0.3 is 14.8 Å². The molecule has 1 fully saturated rings. The number of amides is 1. The Labute approximate surface area is 160 Å². The largest absolute Gasteiger partial charge is 0.490 e. The number of piperidine rings is 1. The van der Waals surface area contributed by atoms with Crippen molar-refractivity contribution in [3.63, 3.8) is 0 Å². The van der Waals surface area contributed by atoms with E-state index in [4.69, 9.17) is 9.47 Å². The monoisotopic (exact) mass is 366 g/mol. The maximum absolute atomic E-state index is 12.4. The van der Waals surface area contributed by atoms with E-state index in [1.54, 1.807) is 0 Å². The first kappa shape index (κ1) is 17.9. The first-order chi connectivity index (χ1) is 13.3. The number of nitrogens with one attached hydrogen (secondary N) is 1. The van der Waals surface area contributed by atoms with E-state index >= 15 is 0 Å². The fourth-order valence-corrected chi connectivity index (χ4v) is 3.79. The molecule has 4 rings (SSSR count). The van der Waals surface area contributed by atoms with Gasteiger partial charge in [-0.05, 0) is 49.5 Å². The lowest BCUT2D eigenvalue weighted by Gasteiger charge is -2.31. The minimum absolute atomic E-state index is 0.0163. The fourth-order valence-electron chi connectivity index (χ4n) is 3.79. The van der Waals surface area contributed by atoms with Crippen LogP contribution in [0.1, 0.15) is 30.7 Å². The van der Waals surface area contributed by atoms with E-state index in [2.05, 4.69) is 40.5 Å². The first-order valence-electron chi connectivity index (χ1n) is 9.75. The van der Waals surface area contributed by atoms with Gasteiger partial charge in [0.05, 0.1) is 19.8 Å². The second-order valence-corrected chi connectivity index (χ2v) is 7.22. The lowest BCUT2D eigenvalue weighted by molar-refractivity contribution is -0.117. The molecule has 1 N–H and O–H groups in total. The number of fused-ring (bicyclic) bond motifs is 1. The minimum atomic E-state index is 0.0163. The summed E-state index contributed by atoms with van der Waals surface area (Å²) in [5, 5.41) is 2.99. The summed E-state index contributed by atoms with van der Waals surface area (Å²) in [6.07, 6.45) is 3.07. The van der Waals surface area contributed by atoms with Crippen molar-refractivity contribution in [2.75, 3.05) is 38.2 Å². The molecular weight excluding hydrogens is 340 g/mol. The number of likely N-dealkylation sites (tertiary alicyclic amines) is 1. The van der Waals surface area contributed by atoms with Crippen molar-refractivity contribution in [1.82, 2.24) is 4.90 Å². The average molecular weight is 366 g/mol. The molecule has 1 amide bonds. The van der Waals surface area contributed by atoms with Gasteiger partial charge in [0.2, 0.25) is 5.91 Å². The van der Waals surface area contributed by atoms with Gasteiger partial charge in [-0.2, -0.15) is 0 Å². The highest BCUT2D eigenvalue weighted by Gasteiger charge is 2.22. The van der Waals surface area contributed by atoms with Gasteiger partial charge in [-0.3, -0.25) is 9.69 Å². The lowest BCUT2D eigenvalue weighted by Crippen LogP contribution is -2.38. The third-order valence-corrected chi connectivity index (χ3v) is 5.26. The molecule has 0 aromatic heterocycles. The molecule has 0 bridgehead atoms. The van der Waals surface area contributed by atoms with Crippen molar-refractivity contribution < 1.29 is 14.3 Å². The van der Waals surface area contributed by atoms with Crippen molar-refractivity contribution in [3.05, 3.63) is 54.1 Å². The molecule has 0 atom stereocenters. The molecule has 2 aromatic rings. The molecule has 27 heavy (non-hydrogen) atoms. The van der Waals surface area contributed by atoms with Crippen LogP contribution in [0.2, 0.25) is 0 Å². The molecule has 0 radical (unpaired) electrons. The van der Waals surface area contributed by atoms with Crippen LogP contribution in [0, 0.1) is 0 Å². The topological polar surface area (TPSA) is 50.8 Å². The average Bonchev–Trinajstić information content (AvgIpc) is 2.94. The van der Waals surface area contributed by atoms with Crippen LogP contribution in [-0.2, 0) is 4.79 Å². The zero-order valence-corrected chi connectivity index (χ0v) is 15.5. The first-order valence-corrected chi connectivity index (χ1v) is 9.75. The van der Waals surface area contributed by atoms with Gasteiger partial charge in [-0.25, -0.2) is 0 Å². The van der Waals surface area contributed by atoms with Crippen LogP contribution in [0.25, 0.3) is 0 Å². The van der Waals surface area contributed by atoms with Gasteiger partial charge in [0.1, 0.15) is 0 Å². The number of ether oxygens (including phenoxy) is 2. The number of carbonyl (C=O) groups is 1. The summed E-state index contributed by atoms with van der Waals surface area (Å²) in [6.45, 7) is 3.64. The smallest absolute Gasteiger partial charge is 0.238 e. The van der Waals surface area contributed by atoms with Crippen molar-refractivity contribution in [3.8, 4) is 11.5 Å². The van der Waals surface area contributed by atoms with E-state index in [1.165, 1.54) is 5.56 Å². The van der Waals surface area contributed by atoms with Crippen molar-refractivity contribution >= 4 is 11.6 Å². The standard InChI is InChI=1S/C22H26N2O3/c25-22(23-19-7-8-20-21(15-19)27-14-4-13-26-20)16-24-11-9-18(10-12-24)17-5-2-1-3-6-17/h1-3,5-8,15,18H,4,9-14,16H2,(H,23,25). The fraction of sp³-hybridized carbons (Fsp3) is 0.409. The SMILES string of the molecule is O=C(CN1CCC(c2ccccc2)CC1)Nc1ccc2c(c1)OCCCO2. The Kier molecular flexibility index (Phi) is 5.58. The zero-order valence-electron chi connectivity index (χ0n) is 15.5. The molecule has 2 aliphatic rings. The number of hydrogen-bond acceptors (Lipinski definition) is 4. The molecule has 2 aliphatic heterocycles. The van der Waals surface area contributed by atoms with Crippen LogP contribution in [0.3, 0.4) is 0 Å². The van der Waals surface area contributed by atoms with Gasteiger partial charge in [0, 0.05) is 18.2 Å². The third kappa shape index (κ3) is 4.61. The molecule has 2 aromatic carbocycles. The Morgan fingerprint density at radius 3 is 2.52 bits per heavy atom. The van der Waals surface area contributed by atoms with Crippen molar-refractivity contribution in [2.24, 2.45) is 0 Å². The Balaban J connectivity index is 1.28. The van der Waals surface area contributed by atoms with Gasteiger partial charge in [-0.15, -0.1) is 0 Å². The third-order valence-electron chi connectivity index (χ3n) is 5.26. The van der Waals surface area contributed by atoms with Crippen LogP contribution in [0.15, 0.2) is 48.5 Å². The normalized spacial score (nSPS) is 17.9. The van der Waals surface area contributed by atoms with Crippen molar-refractivity contribution in [2.45, 2.75) is 25.2 Å². The number of benzene rings is 2. The molecule has 0 aliphatic carbocycles. The molecule has 0 saturated carbocycles. The van der Waals surface area contributed by atoms with E-state index in [0.29, 0.717) is 31.4 Å². The van der Waals surface area contributed by atoms with E-state index in [9.17, 15) is 4.79 Å². The minimum Gasteiger partial charge on any atom is -0.490 e. The molecule has 5 nitrogen and oxygen atoms in total. The molecule has 2 heterocycles. The number of hydrogen-bond donors (Lipinski definition) is 1. The summed E-state index contributed by atoms with van der Waals surface area (Å²) in [7, 11) is 0. The van der Waals surface area contributed by atoms with Gasteiger partial charge in [0.25, 0.3) is 0 Å². The van der Waals surface area contributed by atoms with Gasteiger partial charge in [0.15, 0.2) is 11.5 Å². The molecule has 142 valence electrons. The highest BCUT2D eigenvalue weighted by atomic mass is 16.5. The Morgan fingerprint density at radius 1 is 1.00 bits per heavy atom. The predicted molar refractivity (Wildman–Crippen MR) is 106 cm³/mol. The summed E-state index contributed by atoms with van der Waals surface area (Å²) in [4.78, 5) is 14.7. The van der Waals surface area contributed by atoms with Crippen LogP contribution in [0.4, 0.5) is 5.69 Å². The van der Waals surface area contributed by atoms with Crippen molar-refractivity contribution in [1.29, 1.82) is 0 Å². The summed E-state index contributed by atoms with van der Waals surface area (Å²) >= 11 is 0. The number of anilines is 1. The molecular formula is C22H26N2O3. The summed E-state index contributed by atoms with van der Waals surface area (Å²) in [6, 6.07) is 16.3. The Bertz CT molecular complexity index is 770. The lowest BCUT2D eigenvalue weighted by atomic mass is 9.89. The number of nitrogens with zero attached hydrogens (tertiary/aromatic N) is 1. The van der Waals surface area contributed by atoms with Crippen LogP contribution < -0.4 is 14.8 Å². The summed E-state index contributed by atoms with van der Waals surface area (Å²) < 4.78 is 11.3. The van der Waals surface area contributed by atoms with E-state index in [1.807, 2.05) is 18.2 Å². The van der Waals surface area contributed by atoms with E-state index in [0.717, 1.165) is 43.8 Å². The van der Waals surface area contributed by atoms with Crippen LogP contribution in [-0.4, -0.2) is 43.7 Å². The maximum atomic E-state index is 12.4. The second kappa shape index (κ2) is 8.44. The van der Waals surface area contributed by atoms with E-state index in [-0.39, 0.29) is 5.91 Å².